The van der Waals surface area contributed by atoms with Gasteiger partial charge in [-0.3, -0.25) is 0 Å². The van der Waals surface area contributed by atoms with Gasteiger partial charge in [0.1, 0.15) is 0 Å². The Hall–Kier alpha value is -0.260. The minimum absolute atomic E-state index is 0.876. The van der Waals surface area contributed by atoms with Gasteiger partial charge >= 0.3 is 0 Å². The summed E-state index contributed by atoms with van der Waals surface area (Å²) < 4.78 is 0. The first kappa shape index (κ1) is 9.83. The molecular formula is C12H21. The molecule has 0 nitrogen and oxygen atoms in total. The Balaban J connectivity index is 2.23. The Bertz CT molecular complexity index is 124. The van der Waals surface area contributed by atoms with Crippen LogP contribution in [-0.4, -0.2) is 0 Å². The Morgan fingerprint density at radius 1 is 1.33 bits per heavy atom. The first-order chi connectivity index (χ1) is 5.93. The van der Waals surface area contributed by atoms with E-state index in [-0.39, 0.29) is 0 Å². The van der Waals surface area contributed by atoms with Gasteiger partial charge in [0.2, 0.25) is 0 Å². The number of hydrogen-bond acceptors (Lipinski definition) is 0. The number of rotatable bonds is 3. The van der Waals surface area contributed by atoms with Crippen LogP contribution in [0.4, 0.5) is 0 Å². The summed E-state index contributed by atoms with van der Waals surface area (Å²) in [5.41, 5.74) is 0. The Morgan fingerprint density at radius 2 is 2.25 bits per heavy atom. The van der Waals surface area contributed by atoms with Crippen LogP contribution in [-0.2, 0) is 0 Å². The van der Waals surface area contributed by atoms with E-state index in [2.05, 4.69) is 25.5 Å². The van der Waals surface area contributed by atoms with Crippen LogP contribution in [0, 0.1) is 12.3 Å². The fraction of sp³-hybridized carbons (Fsp3) is 0.750. The van der Waals surface area contributed by atoms with Crippen molar-refractivity contribution in [2.45, 2.75) is 51.9 Å². The molecule has 0 aromatic carbocycles. The molecule has 0 N–H and O–H groups in total. The maximum atomic E-state index is 2.45. The molecule has 1 radical (unpaired) electrons. The maximum absolute atomic E-state index is 2.45. The Labute approximate surface area is 77.1 Å². The minimum atomic E-state index is 0.876. The summed E-state index contributed by atoms with van der Waals surface area (Å²) in [5.74, 6) is 0.876. The van der Waals surface area contributed by atoms with Crippen LogP contribution in [0.2, 0.25) is 0 Å². The molecule has 0 aliphatic heterocycles. The second-order valence-corrected chi connectivity index (χ2v) is 3.81. The van der Waals surface area contributed by atoms with Gasteiger partial charge in [-0.2, -0.15) is 0 Å². The summed E-state index contributed by atoms with van der Waals surface area (Å²) >= 11 is 0. The molecule has 1 rings (SSSR count). The molecule has 0 bridgehead atoms. The summed E-state index contributed by atoms with van der Waals surface area (Å²) in [6, 6.07) is 0. The zero-order valence-corrected chi connectivity index (χ0v) is 8.26. The fourth-order valence-corrected chi connectivity index (χ4v) is 1.85. The zero-order valence-electron chi connectivity index (χ0n) is 8.26. The van der Waals surface area contributed by atoms with E-state index >= 15 is 0 Å². The van der Waals surface area contributed by atoms with E-state index < -0.39 is 0 Å². The fourth-order valence-electron chi connectivity index (χ4n) is 1.85. The van der Waals surface area contributed by atoms with Crippen LogP contribution >= 0.6 is 0 Å². The second-order valence-electron chi connectivity index (χ2n) is 3.81. The summed E-state index contributed by atoms with van der Waals surface area (Å²) in [6.45, 7) is 2.16. The van der Waals surface area contributed by atoms with Crippen molar-refractivity contribution in [1.82, 2.24) is 0 Å². The maximum Gasteiger partial charge on any atom is -0.0233 e. The lowest BCUT2D eigenvalue weighted by Crippen LogP contribution is -1.98. The van der Waals surface area contributed by atoms with Gasteiger partial charge < -0.3 is 0 Å². The summed E-state index contributed by atoms with van der Waals surface area (Å²) in [7, 11) is 0. The molecule has 0 spiro atoms. The number of hydrogen-bond donors (Lipinski definition) is 0. The SMILES string of the molecule is C[CH]CCC1C=CCCCCC1. The van der Waals surface area contributed by atoms with Crippen molar-refractivity contribution in [1.29, 1.82) is 0 Å². The van der Waals surface area contributed by atoms with E-state index in [0.717, 1.165) is 5.92 Å². The zero-order chi connectivity index (χ0) is 8.65. The van der Waals surface area contributed by atoms with Crippen LogP contribution in [0.1, 0.15) is 51.9 Å². The number of allylic oxidation sites excluding steroid dienone is 2. The summed E-state index contributed by atoms with van der Waals surface area (Å²) in [6.07, 6.45) is 16.8. The standard InChI is InChI=1S/C12H21/c1-2-3-9-12-10-7-5-4-6-8-11-12/h2,7,10,12H,3-6,8-9,11H2,1H3. The van der Waals surface area contributed by atoms with Gasteiger partial charge in [-0.1, -0.05) is 31.9 Å². The normalized spacial score (nSPS) is 24.9. The second kappa shape index (κ2) is 6.28. The highest BCUT2D eigenvalue weighted by Gasteiger charge is 2.05. The van der Waals surface area contributed by atoms with Crippen molar-refractivity contribution >= 4 is 0 Å². The van der Waals surface area contributed by atoms with Crippen LogP contribution in [0.3, 0.4) is 0 Å². The van der Waals surface area contributed by atoms with E-state index in [0.29, 0.717) is 0 Å². The average Bonchev–Trinajstić information content (AvgIpc) is 2.02. The highest BCUT2D eigenvalue weighted by Crippen LogP contribution is 2.21. The quantitative estimate of drug-likeness (QED) is 0.552. The third-order valence-corrected chi connectivity index (χ3v) is 2.68. The largest absolute Gasteiger partial charge is 0.0883 e. The monoisotopic (exact) mass is 165 g/mol. The molecule has 1 aliphatic carbocycles. The minimum Gasteiger partial charge on any atom is -0.0883 e. The van der Waals surface area contributed by atoms with E-state index in [1.54, 1.807) is 0 Å². The van der Waals surface area contributed by atoms with Crippen molar-refractivity contribution in [2.75, 3.05) is 0 Å². The van der Waals surface area contributed by atoms with Crippen molar-refractivity contribution in [2.24, 2.45) is 5.92 Å². The molecule has 0 fully saturated rings. The van der Waals surface area contributed by atoms with Crippen molar-refractivity contribution in [3.05, 3.63) is 18.6 Å². The van der Waals surface area contributed by atoms with Crippen LogP contribution < -0.4 is 0 Å². The van der Waals surface area contributed by atoms with Crippen molar-refractivity contribution < 1.29 is 0 Å². The molecule has 0 saturated carbocycles. The molecule has 0 aromatic heterocycles. The third kappa shape index (κ3) is 3.94. The third-order valence-electron chi connectivity index (χ3n) is 2.68. The van der Waals surface area contributed by atoms with Gasteiger partial charge in [-0.05, 0) is 44.4 Å². The van der Waals surface area contributed by atoms with Crippen LogP contribution in [0.15, 0.2) is 12.2 Å². The highest BCUT2D eigenvalue weighted by molar-refractivity contribution is 4.90. The predicted octanol–water partition coefficient (Wildman–Crippen LogP) is 4.13. The lowest BCUT2D eigenvalue weighted by Gasteiger charge is -2.13. The molecule has 0 heterocycles. The molecule has 1 atom stereocenters. The molecule has 69 valence electrons. The molecule has 0 saturated heterocycles. The molecule has 0 amide bonds. The van der Waals surface area contributed by atoms with Gasteiger partial charge in [-0.15, -0.1) is 0 Å². The van der Waals surface area contributed by atoms with E-state index in [1.165, 1.54) is 44.9 Å². The average molecular weight is 165 g/mol. The van der Waals surface area contributed by atoms with Gasteiger partial charge in [-0.25, -0.2) is 0 Å². The van der Waals surface area contributed by atoms with Gasteiger partial charge in [0.25, 0.3) is 0 Å². The van der Waals surface area contributed by atoms with E-state index in [4.69, 9.17) is 0 Å². The molecule has 0 aromatic rings. The first-order valence-corrected chi connectivity index (χ1v) is 5.38. The number of unbranched alkanes of at least 4 members (excludes halogenated alkanes) is 1. The smallest absolute Gasteiger partial charge is 0.0233 e. The molecule has 1 aliphatic rings. The van der Waals surface area contributed by atoms with Crippen LogP contribution in [0.5, 0.6) is 0 Å². The molecule has 1 unspecified atom stereocenters. The van der Waals surface area contributed by atoms with Crippen molar-refractivity contribution in [3.8, 4) is 0 Å². The summed E-state index contributed by atoms with van der Waals surface area (Å²) in [4.78, 5) is 0. The topological polar surface area (TPSA) is 0 Å². The van der Waals surface area contributed by atoms with Gasteiger partial charge in [0, 0.05) is 0 Å². The molecule has 0 heteroatoms. The van der Waals surface area contributed by atoms with Crippen molar-refractivity contribution in [3.63, 3.8) is 0 Å². The molecule has 12 heavy (non-hydrogen) atoms. The van der Waals surface area contributed by atoms with Gasteiger partial charge in [0.15, 0.2) is 0 Å². The Kier molecular flexibility index (Phi) is 5.14. The molecular weight excluding hydrogens is 144 g/mol. The van der Waals surface area contributed by atoms with Crippen LogP contribution in [0.25, 0.3) is 0 Å². The van der Waals surface area contributed by atoms with Gasteiger partial charge in [0.05, 0.1) is 0 Å². The van der Waals surface area contributed by atoms with E-state index in [9.17, 15) is 0 Å². The summed E-state index contributed by atoms with van der Waals surface area (Å²) in [5, 5.41) is 0. The van der Waals surface area contributed by atoms with E-state index in [1.807, 2.05) is 0 Å². The Morgan fingerprint density at radius 3 is 3.08 bits per heavy atom. The first-order valence-electron chi connectivity index (χ1n) is 5.38. The lowest BCUT2D eigenvalue weighted by atomic mass is 9.92. The predicted molar refractivity (Wildman–Crippen MR) is 54.9 cm³/mol. The highest BCUT2D eigenvalue weighted by atomic mass is 14.1. The lowest BCUT2D eigenvalue weighted by molar-refractivity contribution is 0.490.